The summed E-state index contributed by atoms with van der Waals surface area (Å²) in [5, 5.41) is 11.6. The van der Waals surface area contributed by atoms with Gasteiger partial charge in [-0.15, -0.1) is 0 Å². The van der Waals surface area contributed by atoms with Gasteiger partial charge in [-0.05, 0) is 56.6 Å². The fourth-order valence-corrected chi connectivity index (χ4v) is 7.70. The summed E-state index contributed by atoms with van der Waals surface area (Å²) >= 11 is 0. The van der Waals surface area contributed by atoms with Gasteiger partial charge in [0.15, 0.2) is 0 Å². The van der Waals surface area contributed by atoms with Crippen molar-refractivity contribution in [3.8, 4) is 6.07 Å². The van der Waals surface area contributed by atoms with E-state index in [2.05, 4.69) is 5.32 Å². The van der Waals surface area contributed by atoms with E-state index in [9.17, 15) is 40.0 Å². The number of amides is 2. The molecule has 1 saturated carbocycles. The third-order valence-electron chi connectivity index (χ3n) is 8.37. The van der Waals surface area contributed by atoms with Crippen LogP contribution in [0.2, 0.25) is 0 Å². The Hall–Kier alpha value is -2.83. The summed E-state index contributed by atoms with van der Waals surface area (Å²) in [6.07, 6.45) is -2.27. The van der Waals surface area contributed by atoms with Crippen LogP contribution in [0.5, 0.6) is 0 Å². The maximum atomic E-state index is 14.8. The standard InChI is InChI=1S/C26H30F5N5O4S/c27-20-10-19(26(29,30)31)21(28)9-18(20)23(16-5-6-16)33-24(37)22-4-2-8-36(22)25(38)17-3-1-7-34(14-17)41(39,40)35-12-15(11-32)13-35/h9-10,15-17,22-23H,1-8,12-14H2,(H,33,37)/t17-,22+,23+/m0/s1. The Morgan fingerprint density at radius 3 is 2.29 bits per heavy atom. The first kappa shape index (κ1) is 29.7. The molecule has 224 valence electrons. The molecule has 5 rings (SSSR count). The van der Waals surface area contributed by atoms with E-state index in [0.717, 1.165) is 0 Å². The Morgan fingerprint density at radius 1 is 0.976 bits per heavy atom. The molecule has 3 heterocycles. The number of halogens is 5. The number of hydrogen-bond acceptors (Lipinski definition) is 5. The van der Waals surface area contributed by atoms with Crippen LogP contribution < -0.4 is 5.32 Å². The molecule has 0 radical (unpaired) electrons. The Kier molecular flexibility index (Phi) is 8.03. The van der Waals surface area contributed by atoms with E-state index in [0.29, 0.717) is 44.6 Å². The lowest BCUT2D eigenvalue weighted by Crippen LogP contribution is -2.57. The number of likely N-dealkylation sites (tertiary alicyclic amines) is 1. The molecular weight excluding hydrogens is 573 g/mol. The zero-order chi connectivity index (χ0) is 29.7. The first-order valence-corrected chi connectivity index (χ1v) is 15.0. The van der Waals surface area contributed by atoms with Gasteiger partial charge in [-0.1, -0.05) is 0 Å². The van der Waals surface area contributed by atoms with Crippen molar-refractivity contribution in [2.24, 2.45) is 17.8 Å². The van der Waals surface area contributed by atoms with Gasteiger partial charge in [0.05, 0.1) is 29.5 Å². The summed E-state index contributed by atoms with van der Waals surface area (Å²) in [6.45, 7) is 0.651. The minimum atomic E-state index is -5.07. The molecule has 3 saturated heterocycles. The lowest BCUT2D eigenvalue weighted by molar-refractivity contribution is -0.142. The van der Waals surface area contributed by atoms with Crippen LogP contribution in [-0.2, 0) is 26.0 Å². The zero-order valence-electron chi connectivity index (χ0n) is 22.0. The van der Waals surface area contributed by atoms with Crippen LogP contribution in [0, 0.1) is 40.7 Å². The Morgan fingerprint density at radius 2 is 1.66 bits per heavy atom. The molecule has 2 amide bonds. The van der Waals surface area contributed by atoms with Gasteiger partial charge in [0.2, 0.25) is 11.8 Å². The molecule has 0 bridgehead atoms. The molecule has 1 aromatic rings. The normalized spacial score (nSPS) is 25.4. The number of benzene rings is 1. The summed E-state index contributed by atoms with van der Waals surface area (Å²) in [5.41, 5.74) is -2.10. The lowest BCUT2D eigenvalue weighted by Gasteiger charge is -2.41. The maximum Gasteiger partial charge on any atom is 0.419 e. The average molecular weight is 604 g/mol. The molecule has 3 atom stereocenters. The van der Waals surface area contributed by atoms with Gasteiger partial charge in [0.25, 0.3) is 10.2 Å². The zero-order valence-corrected chi connectivity index (χ0v) is 22.9. The molecule has 15 heteroatoms. The first-order valence-electron chi connectivity index (χ1n) is 13.6. The van der Waals surface area contributed by atoms with Crippen LogP contribution in [-0.4, -0.2) is 72.5 Å². The Labute approximate surface area is 234 Å². The van der Waals surface area contributed by atoms with Crippen LogP contribution in [0.15, 0.2) is 12.1 Å². The highest BCUT2D eigenvalue weighted by Gasteiger charge is 2.45. The SMILES string of the molecule is N#CC1CN(S(=O)(=O)N2CCC[C@H](C(=O)N3CCC[C@@H]3C(=O)N[C@@H](c3cc(F)c(C(F)(F)F)cc3F)C3CC3)C2)C1. The van der Waals surface area contributed by atoms with Crippen LogP contribution >= 0.6 is 0 Å². The number of nitriles is 1. The van der Waals surface area contributed by atoms with Crippen molar-refractivity contribution in [3.63, 3.8) is 0 Å². The third-order valence-corrected chi connectivity index (χ3v) is 10.3. The van der Waals surface area contributed by atoms with Crippen LogP contribution in [0.3, 0.4) is 0 Å². The molecule has 0 aromatic heterocycles. The van der Waals surface area contributed by atoms with Crippen molar-refractivity contribution < 1.29 is 40.0 Å². The Bertz CT molecular complexity index is 1360. The predicted molar refractivity (Wildman–Crippen MR) is 134 cm³/mol. The molecule has 1 aromatic carbocycles. The summed E-state index contributed by atoms with van der Waals surface area (Å²) in [5.74, 6) is -5.23. The fourth-order valence-electron chi connectivity index (χ4n) is 5.91. The van der Waals surface area contributed by atoms with Gasteiger partial charge in [-0.2, -0.15) is 35.5 Å². The van der Waals surface area contributed by atoms with E-state index < -0.39 is 57.5 Å². The lowest BCUT2D eigenvalue weighted by atomic mass is 9.97. The Balaban J connectivity index is 1.27. The molecule has 0 unspecified atom stereocenters. The molecule has 9 nitrogen and oxygen atoms in total. The highest BCUT2D eigenvalue weighted by atomic mass is 32.2. The third kappa shape index (κ3) is 5.91. The molecule has 1 N–H and O–H groups in total. The highest BCUT2D eigenvalue weighted by Crippen LogP contribution is 2.43. The van der Waals surface area contributed by atoms with Gasteiger partial charge in [-0.3, -0.25) is 9.59 Å². The summed E-state index contributed by atoms with van der Waals surface area (Å²) < 4.78 is 96.6. The number of carbonyl (C=O) groups is 2. The van der Waals surface area contributed by atoms with Crippen molar-refractivity contribution in [3.05, 3.63) is 34.9 Å². The number of carbonyl (C=O) groups excluding carboxylic acids is 2. The minimum Gasteiger partial charge on any atom is -0.347 e. The second-order valence-corrected chi connectivity index (χ2v) is 13.1. The van der Waals surface area contributed by atoms with Crippen molar-refractivity contribution in [1.82, 2.24) is 18.8 Å². The first-order chi connectivity index (χ1) is 19.3. The van der Waals surface area contributed by atoms with E-state index >= 15 is 0 Å². The highest BCUT2D eigenvalue weighted by molar-refractivity contribution is 7.86. The van der Waals surface area contributed by atoms with Crippen molar-refractivity contribution in [2.75, 3.05) is 32.7 Å². The average Bonchev–Trinajstić information content (AvgIpc) is 3.61. The molecule has 3 aliphatic heterocycles. The molecular formula is C26H30F5N5O4S. The maximum absolute atomic E-state index is 14.8. The summed E-state index contributed by atoms with van der Waals surface area (Å²) in [6, 6.07) is 0.624. The molecule has 0 spiro atoms. The van der Waals surface area contributed by atoms with Crippen molar-refractivity contribution in [1.29, 1.82) is 5.26 Å². The van der Waals surface area contributed by atoms with Gasteiger partial charge < -0.3 is 10.2 Å². The smallest absolute Gasteiger partial charge is 0.347 e. The number of rotatable bonds is 7. The summed E-state index contributed by atoms with van der Waals surface area (Å²) in [7, 11) is -3.83. The molecule has 4 aliphatic rings. The van der Waals surface area contributed by atoms with Gasteiger partial charge >= 0.3 is 6.18 Å². The monoisotopic (exact) mass is 603 g/mol. The number of alkyl halides is 3. The molecule has 41 heavy (non-hydrogen) atoms. The van der Waals surface area contributed by atoms with Crippen LogP contribution in [0.25, 0.3) is 0 Å². The number of nitrogens with zero attached hydrogens (tertiary/aromatic N) is 4. The minimum absolute atomic E-state index is 0.0551. The molecule has 1 aliphatic carbocycles. The van der Waals surface area contributed by atoms with E-state index in [1.54, 1.807) is 0 Å². The second kappa shape index (κ2) is 11.1. The van der Waals surface area contributed by atoms with E-state index in [1.165, 1.54) is 13.5 Å². The van der Waals surface area contributed by atoms with Crippen molar-refractivity contribution >= 4 is 22.0 Å². The number of piperidine rings is 1. The predicted octanol–water partition coefficient (Wildman–Crippen LogP) is 2.95. The van der Waals surface area contributed by atoms with E-state index in [-0.39, 0.29) is 62.1 Å². The van der Waals surface area contributed by atoms with Gasteiger partial charge in [0.1, 0.15) is 17.7 Å². The van der Waals surface area contributed by atoms with Crippen molar-refractivity contribution in [2.45, 2.75) is 56.8 Å². The quantitative estimate of drug-likeness (QED) is 0.482. The van der Waals surface area contributed by atoms with Gasteiger partial charge in [0, 0.05) is 38.3 Å². The van der Waals surface area contributed by atoms with E-state index in [4.69, 9.17) is 5.26 Å². The summed E-state index contributed by atoms with van der Waals surface area (Å²) in [4.78, 5) is 28.3. The van der Waals surface area contributed by atoms with Gasteiger partial charge in [-0.25, -0.2) is 8.78 Å². The number of nitrogens with one attached hydrogen (secondary N) is 1. The van der Waals surface area contributed by atoms with Crippen LogP contribution in [0.4, 0.5) is 22.0 Å². The number of hydrogen-bond donors (Lipinski definition) is 1. The topological polar surface area (TPSA) is 114 Å². The fraction of sp³-hybridized carbons (Fsp3) is 0.654. The second-order valence-electron chi connectivity index (χ2n) is 11.2. The largest absolute Gasteiger partial charge is 0.419 e. The van der Waals surface area contributed by atoms with Crippen LogP contribution in [0.1, 0.15) is 55.7 Å². The molecule has 4 fully saturated rings. The van der Waals surface area contributed by atoms with E-state index in [1.807, 2.05) is 6.07 Å².